The maximum atomic E-state index is 12.4. The highest BCUT2D eigenvalue weighted by Gasteiger charge is 2.25. The Balaban J connectivity index is 0.00000200. The molecule has 0 bridgehead atoms. The fraction of sp³-hybridized carbons (Fsp3) is 0.538. The van der Waals surface area contributed by atoms with Crippen LogP contribution in [0.25, 0.3) is 0 Å². The van der Waals surface area contributed by atoms with Gasteiger partial charge < -0.3 is 10.1 Å². The van der Waals surface area contributed by atoms with Crippen LogP contribution < -0.4 is 10.1 Å². The highest BCUT2D eigenvalue weighted by molar-refractivity contribution is 7.89. The Labute approximate surface area is 126 Å². The fourth-order valence-corrected chi connectivity index (χ4v) is 3.40. The first-order valence-electron chi connectivity index (χ1n) is 6.58. The van der Waals surface area contributed by atoms with Crippen molar-refractivity contribution >= 4 is 22.4 Å². The molecule has 1 aliphatic rings. The van der Waals surface area contributed by atoms with Crippen molar-refractivity contribution in [1.29, 1.82) is 0 Å². The molecule has 20 heavy (non-hydrogen) atoms. The van der Waals surface area contributed by atoms with Gasteiger partial charge in [-0.15, -0.1) is 12.4 Å². The number of halogens is 1. The molecular formula is C13H21ClN2O3S. The summed E-state index contributed by atoms with van der Waals surface area (Å²) < 4.78 is 31.7. The van der Waals surface area contributed by atoms with Crippen LogP contribution in [-0.2, 0) is 10.0 Å². The van der Waals surface area contributed by atoms with Crippen LogP contribution in [0.4, 0.5) is 0 Å². The Morgan fingerprint density at radius 3 is 2.35 bits per heavy atom. The molecule has 0 amide bonds. The second-order valence-corrected chi connectivity index (χ2v) is 6.41. The second-order valence-electron chi connectivity index (χ2n) is 4.47. The average molecular weight is 321 g/mol. The van der Waals surface area contributed by atoms with Gasteiger partial charge in [0.2, 0.25) is 10.0 Å². The molecule has 7 heteroatoms. The molecule has 1 saturated heterocycles. The lowest BCUT2D eigenvalue weighted by Crippen LogP contribution is -2.46. The average Bonchev–Trinajstić information content (AvgIpc) is 2.46. The molecule has 0 saturated carbocycles. The van der Waals surface area contributed by atoms with Crippen molar-refractivity contribution in [2.75, 3.05) is 32.8 Å². The van der Waals surface area contributed by atoms with Crippen LogP contribution in [0.15, 0.2) is 29.2 Å². The van der Waals surface area contributed by atoms with Gasteiger partial charge in [0, 0.05) is 26.2 Å². The first-order valence-corrected chi connectivity index (χ1v) is 8.02. The lowest BCUT2D eigenvalue weighted by molar-refractivity contribution is 0.317. The van der Waals surface area contributed by atoms with E-state index in [0.717, 1.165) is 6.42 Å². The van der Waals surface area contributed by atoms with E-state index in [1.165, 1.54) is 4.31 Å². The zero-order chi connectivity index (χ0) is 13.7. The minimum atomic E-state index is -3.36. The molecule has 1 N–H and O–H groups in total. The summed E-state index contributed by atoms with van der Waals surface area (Å²) >= 11 is 0. The molecule has 0 radical (unpaired) electrons. The summed E-state index contributed by atoms with van der Waals surface area (Å²) in [5.41, 5.74) is 0. The number of ether oxygens (including phenoxy) is 1. The van der Waals surface area contributed by atoms with Gasteiger partial charge in [-0.1, -0.05) is 6.92 Å². The summed E-state index contributed by atoms with van der Waals surface area (Å²) in [6.45, 7) is 5.13. The molecule has 0 spiro atoms. The van der Waals surface area contributed by atoms with E-state index in [0.29, 0.717) is 43.4 Å². The van der Waals surface area contributed by atoms with E-state index >= 15 is 0 Å². The van der Waals surface area contributed by atoms with Crippen LogP contribution in [0, 0.1) is 0 Å². The lowest BCUT2D eigenvalue weighted by atomic mass is 10.3. The van der Waals surface area contributed by atoms with Crippen LogP contribution in [0.5, 0.6) is 5.75 Å². The molecule has 0 aliphatic carbocycles. The van der Waals surface area contributed by atoms with Gasteiger partial charge in [0.15, 0.2) is 0 Å². The zero-order valence-electron chi connectivity index (χ0n) is 11.5. The van der Waals surface area contributed by atoms with E-state index in [1.54, 1.807) is 24.3 Å². The van der Waals surface area contributed by atoms with E-state index in [9.17, 15) is 8.42 Å². The molecule has 5 nitrogen and oxygen atoms in total. The summed E-state index contributed by atoms with van der Waals surface area (Å²) in [6.07, 6.45) is 0.931. The Bertz CT molecular complexity index is 499. The smallest absolute Gasteiger partial charge is 0.243 e. The predicted octanol–water partition coefficient (Wildman–Crippen LogP) is 1.49. The minimum absolute atomic E-state index is 0. The van der Waals surface area contributed by atoms with Crippen LogP contribution in [0.1, 0.15) is 13.3 Å². The molecule has 1 fully saturated rings. The van der Waals surface area contributed by atoms with Gasteiger partial charge in [-0.2, -0.15) is 4.31 Å². The van der Waals surface area contributed by atoms with E-state index in [4.69, 9.17) is 4.74 Å². The van der Waals surface area contributed by atoms with E-state index in [-0.39, 0.29) is 12.4 Å². The van der Waals surface area contributed by atoms with E-state index in [2.05, 4.69) is 5.32 Å². The zero-order valence-corrected chi connectivity index (χ0v) is 13.2. The monoisotopic (exact) mass is 320 g/mol. The number of hydrogen-bond donors (Lipinski definition) is 1. The fourth-order valence-electron chi connectivity index (χ4n) is 1.96. The second kappa shape index (κ2) is 7.83. The summed E-state index contributed by atoms with van der Waals surface area (Å²) in [5, 5.41) is 3.14. The van der Waals surface area contributed by atoms with Crippen molar-refractivity contribution in [2.24, 2.45) is 0 Å². The Morgan fingerprint density at radius 2 is 1.80 bits per heavy atom. The molecule has 1 heterocycles. The largest absolute Gasteiger partial charge is 0.494 e. The Morgan fingerprint density at radius 1 is 1.20 bits per heavy atom. The third kappa shape index (κ3) is 4.09. The van der Waals surface area contributed by atoms with Crippen LogP contribution in [-0.4, -0.2) is 45.5 Å². The number of benzene rings is 1. The first kappa shape index (κ1) is 17.2. The third-order valence-corrected chi connectivity index (χ3v) is 4.92. The SMILES string of the molecule is CCCOc1ccc(S(=O)(=O)N2CCNCC2)cc1.Cl. The van der Waals surface area contributed by atoms with Crippen LogP contribution in [0.2, 0.25) is 0 Å². The van der Waals surface area contributed by atoms with Crippen molar-refractivity contribution < 1.29 is 13.2 Å². The maximum Gasteiger partial charge on any atom is 0.243 e. The van der Waals surface area contributed by atoms with Crippen LogP contribution >= 0.6 is 12.4 Å². The van der Waals surface area contributed by atoms with Crippen molar-refractivity contribution in [3.05, 3.63) is 24.3 Å². The molecule has 114 valence electrons. The lowest BCUT2D eigenvalue weighted by Gasteiger charge is -2.26. The van der Waals surface area contributed by atoms with Gasteiger partial charge in [0.1, 0.15) is 5.75 Å². The van der Waals surface area contributed by atoms with Gasteiger partial charge in [-0.05, 0) is 30.7 Å². The molecule has 0 aromatic heterocycles. The standard InChI is InChI=1S/C13H20N2O3S.ClH/c1-2-11-18-12-3-5-13(6-4-12)19(16,17)15-9-7-14-8-10-15;/h3-6,14H,2,7-11H2,1H3;1H. The van der Waals surface area contributed by atoms with Gasteiger partial charge in [-0.3, -0.25) is 0 Å². The Kier molecular flexibility index (Phi) is 6.75. The van der Waals surface area contributed by atoms with Crippen molar-refractivity contribution in [2.45, 2.75) is 18.2 Å². The van der Waals surface area contributed by atoms with Gasteiger partial charge in [0.05, 0.1) is 11.5 Å². The van der Waals surface area contributed by atoms with Gasteiger partial charge in [0.25, 0.3) is 0 Å². The summed E-state index contributed by atoms with van der Waals surface area (Å²) in [4.78, 5) is 0.332. The molecule has 0 atom stereocenters. The number of piperazine rings is 1. The molecule has 1 aromatic carbocycles. The van der Waals surface area contributed by atoms with E-state index < -0.39 is 10.0 Å². The minimum Gasteiger partial charge on any atom is -0.494 e. The summed E-state index contributed by atoms with van der Waals surface area (Å²) in [5.74, 6) is 0.709. The highest BCUT2D eigenvalue weighted by atomic mass is 35.5. The molecular weight excluding hydrogens is 300 g/mol. The number of nitrogens with one attached hydrogen (secondary N) is 1. The van der Waals surface area contributed by atoms with Crippen molar-refractivity contribution in [1.82, 2.24) is 9.62 Å². The molecule has 2 rings (SSSR count). The summed E-state index contributed by atoms with van der Waals surface area (Å²) in [6, 6.07) is 6.65. The summed E-state index contributed by atoms with van der Waals surface area (Å²) in [7, 11) is -3.36. The van der Waals surface area contributed by atoms with Crippen LogP contribution in [0.3, 0.4) is 0 Å². The van der Waals surface area contributed by atoms with Crippen molar-refractivity contribution in [3.8, 4) is 5.75 Å². The van der Waals surface area contributed by atoms with Crippen molar-refractivity contribution in [3.63, 3.8) is 0 Å². The number of sulfonamides is 1. The molecule has 1 aliphatic heterocycles. The number of hydrogen-bond acceptors (Lipinski definition) is 4. The highest BCUT2D eigenvalue weighted by Crippen LogP contribution is 2.20. The number of rotatable bonds is 5. The topological polar surface area (TPSA) is 58.6 Å². The normalized spacial score (nSPS) is 16.4. The molecule has 0 unspecified atom stereocenters. The third-order valence-electron chi connectivity index (χ3n) is 3.01. The molecule has 1 aromatic rings. The predicted molar refractivity (Wildman–Crippen MR) is 81.1 cm³/mol. The van der Waals surface area contributed by atoms with Gasteiger partial charge >= 0.3 is 0 Å². The van der Waals surface area contributed by atoms with E-state index in [1.807, 2.05) is 6.92 Å². The van der Waals surface area contributed by atoms with Gasteiger partial charge in [-0.25, -0.2) is 8.42 Å². The Hall–Kier alpha value is -0.820. The first-order chi connectivity index (χ1) is 9.14. The quantitative estimate of drug-likeness (QED) is 0.893. The number of nitrogens with zero attached hydrogens (tertiary/aromatic N) is 1. The maximum absolute atomic E-state index is 12.4.